The molecule has 2 aromatic rings. The van der Waals surface area contributed by atoms with Crippen LogP contribution in [-0.2, 0) is 4.74 Å². The van der Waals surface area contributed by atoms with Crippen LogP contribution in [0, 0.1) is 5.41 Å². The van der Waals surface area contributed by atoms with Crippen LogP contribution >= 0.6 is 0 Å². The molecular formula is C13H16N2O3. The molecule has 0 aromatic carbocycles. The van der Waals surface area contributed by atoms with Gasteiger partial charge in [0.15, 0.2) is 0 Å². The third kappa shape index (κ3) is 1.92. The SMILES string of the molecule is COC(=O)c1cc2c(ccn2C(=O)C(C)(C)C)[nH]1. The predicted octanol–water partition coefficient (Wildman–Crippen LogP) is 2.44. The number of esters is 1. The van der Waals surface area contributed by atoms with Crippen LogP contribution in [-0.4, -0.2) is 28.5 Å². The van der Waals surface area contributed by atoms with Gasteiger partial charge in [0, 0.05) is 11.6 Å². The lowest BCUT2D eigenvalue weighted by Gasteiger charge is -2.17. The fourth-order valence-corrected chi connectivity index (χ4v) is 1.77. The molecule has 2 heterocycles. The summed E-state index contributed by atoms with van der Waals surface area (Å²) in [5, 5.41) is 0. The van der Waals surface area contributed by atoms with Crippen molar-refractivity contribution in [3.63, 3.8) is 0 Å². The summed E-state index contributed by atoms with van der Waals surface area (Å²) in [5.74, 6) is -0.464. The zero-order valence-electron chi connectivity index (χ0n) is 10.9. The first kappa shape index (κ1) is 12.4. The Morgan fingerprint density at radius 1 is 1.33 bits per heavy atom. The number of fused-ring (bicyclic) bond motifs is 1. The van der Waals surface area contributed by atoms with Gasteiger partial charge in [-0.3, -0.25) is 9.36 Å². The van der Waals surface area contributed by atoms with Gasteiger partial charge in [-0.2, -0.15) is 0 Å². The normalized spacial score (nSPS) is 11.8. The Balaban J connectivity index is 2.51. The van der Waals surface area contributed by atoms with E-state index in [1.807, 2.05) is 20.8 Å². The van der Waals surface area contributed by atoms with E-state index in [4.69, 9.17) is 0 Å². The number of hydrogen-bond acceptors (Lipinski definition) is 3. The van der Waals surface area contributed by atoms with Gasteiger partial charge in [0.2, 0.25) is 5.91 Å². The lowest BCUT2D eigenvalue weighted by atomic mass is 9.95. The van der Waals surface area contributed by atoms with Crippen molar-refractivity contribution in [1.82, 2.24) is 9.55 Å². The second kappa shape index (κ2) is 4.01. The molecular weight excluding hydrogens is 232 g/mol. The molecule has 0 amide bonds. The lowest BCUT2D eigenvalue weighted by molar-refractivity contribution is 0.0594. The van der Waals surface area contributed by atoms with Crippen LogP contribution in [0.5, 0.6) is 0 Å². The summed E-state index contributed by atoms with van der Waals surface area (Å²) in [6.45, 7) is 5.57. The van der Waals surface area contributed by atoms with E-state index in [2.05, 4.69) is 9.72 Å². The number of methoxy groups -OCH3 is 1. The highest BCUT2D eigenvalue weighted by Gasteiger charge is 2.25. The molecule has 0 radical (unpaired) electrons. The molecule has 2 rings (SSSR count). The van der Waals surface area contributed by atoms with Gasteiger partial charge in [0.25, 0.3) is 0 Å². The highest BCUT2D eigenvalue weighted by Crippen LogP contribution is 2.23. The summed E-state index contributed by atoms with van der Waals surface area (Å²) in [6, 6.07) is 3.40. The van der Waals surface area contributed by atoms with E-state index in [0.717, 1.165) is 5.52 Å². The number of rotatable bonds is 1. The van der Waals surface area contributed by atoms with Gasteiger partial charge in [-0.25, -0.2) is 4.79 Å². The molecule has 0 aliphatic carbocycles. The third-order valence-electron chi connectivity index (χ3n) is 2.74. The van der Waals surface area contributed by atoms with Crippen LogP contribution in [0.15, 0.2) is 18.3 Å². The van der Waals surface area contributed by atoms with Gasteiger partial charge >= 0.3 is 5.97 Å². The van der Waals surface area contributed by atoms with E-state index in [9.17, 15) is 9.59 Å². The number of nitrogens with one attached hydrogen (secondary N) is 1. The van der Waals surface area contributed by atoms with E-state index in [-0.39, 0.29) is 5.91 Å². The van der Waals surface area contributed by atoms with Gasteiger partial charge in [0.05, 0.1) is 18.1 Å². The maximum absolute atomic E-state index is 12.2. The Labute approximate surface area is 105 Å². The first-order valence-corrected chi connectivity index (χ1v) is 5.68. The van der Waals surface area contributed by atoms with Crippen molar-refractivity contribution in [3.8, 4) is 0 Å². The highest BCUT2D eigenvalue weighted by molar-refractivity contribution is 5.98. The third-order valence-corrected chi connectivity index (χ3v) is 2.74. The molecule has 0 bridgehead atoms. The van der Waals surface area contributed by atoms with E-state index in [1.54, 1.807) is 22.9 Å². The molecule has 0 spiro atoms. The molecule has 5 nitrogen and oxygen atoms in total. The molecule has 0 aliphatic rings. The monoisotopic (exact) mass is 248 g/mol. The van der Waals surface area contributed by atoms with Crippen molar-refractivity contribution in [2.24, 2.45) is 5.41 Å². The van der Waals surface area contributed by atoms with E-state index >= 15 is 0 Å². The Bertz CT molecular complexity index is 614. The average molecular weight is 248 g/mol. The molecule has 0 aliphatic heterocycles. The van der Waals surface area contributed by atoms with Gasteiger partial charge in [-0.1, -0.05) is 20.8 Å². The summed E-state index contributed by atoms with van der Waals surface area (Å²) in [4.78, 5) is 26.6. The maximum atomic E-state index is 12.2. The fourth-order valence-electron chi connectivity index (χ4n) is 1.77. The molecule has 0 fully saturated rings. The highest BCUT2D eigenvalue weighted by atomic mass is 16.5. The lowest BCUT2D eigenvalue weighted by Crippen LogP contribution is -2.25. The molecule has 0 saturated carbocycles. The number of ether oxygens (including phenoxy) is 1. The smallest absolute Gasteiger partial charge is 0.354 e. The largest absolute Gasteiger partial charge is 0.464 e. The van der Waals surface area contributed by atoms with Crippen LogP contribution in [0.25, 0.3) is 11.0 Å². The van der Waals surface area contributed by atoms with Crippen molar-refractivity contribution in [2.75, 3.05) is 7.11 Å². The maximum Gasteiger partial charge on any atom is 0.354 e. The molecule has 5 heteroatoms. The minimum Gasteiger partial charge on any atom is -0.464 e. The van der Waals surface area contributed by atoms with E-state index in [0.29, 0.717) is 11.2 Å². The second-order valence-corrected chi connectivity index (χ2v) is 5.21. The number of carbonyl (C=O) groups is 2. The van der Waals surface area contributed by atoms with Crippen LogP contribution in [0.2, 0.25) is 0 Å². The van der Waals surface area contributed by atoms with Crippen molar-refractivity contribution in [3.05, 3.63) is 24.0 Å². The topological polar surface area (TPSA) is 64.1 Å². The van der Waals surface area contributed by atoms with Crippen molar-refractivity contribution in [1.29, 1.82) is 0 Å². The summed E-state index contributed by atoms with van der Waals surface area (Å²) >= 11 is 0. The Hall–Kier alpha value is -2.04. The number of aromatic nitrogens is 2. The zero-order valence-corrected chi connectivity index (χ0v) is 10.9. The van der Waals surface area contributed by atoms with E-state index < -0.39 is 11.4 Å². The van der Waals surface area contributed by atoms with Gasteiger partial charge in [0.1, 0.15) is 5.69 Å². The van der Waals surface area contributed by atoms with Crippen molar-refractivity contribution >= 4 is 22.9 Å². The summed E-state index contributed by atoms with van der Waals surface area (Å²) < 4.78 is 6.19. The van der Waals surface area contributed by atoms with Gasteiger partial charge in [-0.05, 0) is 12.1 Å². The van der Waals surface area contributed by atoms with Crippen LogP contribution < -0.4 is 0 Å². The molecule has 1 N–H and O–H groups in total. The van der Waals surface area contributed by atoms with Crippen LogP contribution in [0.1, 0.15) is 36.1 Å². The van der Waals surface area contributed by atoms with Crippen LogP contribution in [0.4, 0.5) is 0 Å². The number of nitrogens with zero attached hydrogens (tertiary/aromatic N) is 1. The summed E-state index contributed by atoms with van der Waals surface area (Å²) in [7, 11) is 1.32. The quantitative estimate of drug-likeness (QED) is 0.788. The standard InChI is InChI=1S/C13H16N2O3/c1-13(2,3)12(17)15-6-5-8-10(15)7-9(14-8)11(16)18-4/h5-7,14H,1-4H3. The van der Waals surface area contributed by atoms with Crippen molar-refractivity contribution < 1.29 is 14.3 Å². The molecule has 2 aromatic heterocycles. The first-order chi connectivity index (χ1) is 8.34. The predicted molar refractivity (Wildman–Crippen MR) is 67.7 cm³/mol. The summed E-state index contributed by atoms with van der Waals surface area (Å²) in [5.41, 5.74) is 1.30. The molecule has 18 heavy (non-hydrogen) atoms. The van der Waals surface area contributed by atoms with Crippen molar-refractivity contribution in [2.45, 2.75) is 20.8 Å². The Morgan fingerprint density at radius 3 is 2.56 bits per heavy atom. The Kier molecular flexibility index (Phi) is 2.77. The molecule has 0 atom stereocenters. The zero-order chi connectivity index (χ0) is 13.5. The molecule has 96 valence electrons. The van der Waals surface area contributed by atoms with E-state index in [1.165, 1.54) is 7.11 Å². The minimum absolute atomic E-state index is 0.0204. The van der Waals surface area contributed by atoms with Gasteiger partial charge in [-0.15, -0.1) is 0 Å². The number of hydrogen-bond donors (Lipinski definition) is 1. The summed E-state index contributed by atoms with van der Waals surface area (Å²) in [6.07, 6.45) is 1.70. The Morgan fingerprint density at radius 2 is 2.00 bits per heavy atom. The minimum atomic E-state index is -0.478. The number of H-pyrrole nitrogens is 1. The number of aromatic amines is 1. The molecule has 0 unspecified atom stereocenters. The fraction of sp³-hybridized carbons (Fsp3) is 0.385. The second-order valence-electron chi connectivity index (χ2n) is 5.21. The first-order valence-electron chi connectivity index (χ1n) is 5.68. The molecule has 0 saturated heterocycles. The van der Waals surface area contributed by atoms with Gasteiger partial charge < -0.3 is 9.72 Å². The van der Waals surface area contributed by atoms with Crippen LogP contribution in [0.3, 0.4) is 0 Å². The average Bonchev–Trinajstić information content (AvgIpc) is 2.84. The number of carbonyl (C=O) groups excluding carboxylic acids is 2.